The van der Waals surface area contributed by atoms with Crippen LogP contribution in [0.1, 0.15) is 19.7 Å². The Kier molecular flexibility index (Phi) is 4.15. The second-order valence-corrected chi connectivity index (χ2v) is 7.19. The standard InChI is InChI=1S/C14H21N3O2S/c1-5-15-10(2)8-14-16-12-9-11(20(4,18)19)6-7-13(12)17(14)3/h6-7,9-10,15H,5,8H2,1-4H3. The van der Waals surface area contributed by atoms with Crippen LogP contribution in [0, 0.1) is 0 Å². The van der Waals surface area contributed by atoms with Crippen molar-refractivity contribution in [1.82, 2.24) is 14.9 Å². The number of hydrogen-bond donors (Lipinski definition) is 1. The molecule has 20 heavy (non-hydrogen) atoms. The monoisotopic (exact) mass is 295 g/mol. The topological polar surface area (TPSA) is 64.0 Å². The molecule has 110 valence electrons. The Morgan fingerprint density at radius 1 is 1.40 bits per heavy atom. The van der Waals surface area contributed by atoms with Crippen molar-refractivity contribution in [2.75, 3.05) is 12.8 Å². The molecule has 5 nitrogen and oxygen atoms in total. The van der Waals surface area contributed by atoms with Crippen LogP contribution in [0.4, 0.5) is 0 Å². The first-order valence-corrected chi connectivity index (χ1v) is 8.61. The second-order valence-electron chi connectivity index (χ2n) is 5.17. The van der Waals surface area contributed by atoms with Gasteiger partial charge in [-0.15, -0.1) is 0 Å². The average molecular weight is 295 g/mol. The molecule has 0 saturated carbocycles. The summed E-state index contributed by atoms with van der Waals surface area (Å²) in [6.07, 6.45) is 2.03. The van der Waals surface area contributed by atoms with Gasteiger partial charge in [-0.05, 0) is 31.7 Å². The minimum atomic E-state index is -3.19. The van der Waals surface area contributed by atoms with Crippen LogP contribution in [0.5, 0.6) is 0 Å². The number of benzene rings is 1. The number of likely N-dealkylation sites (N-methyl/N-ethyl adjacent to an activating group) is 1. The predicted octanol–water partition coefficient (Wildman–Crippen LogP) is 1.52. The number of sulfone groups is 1. The van der Waals surface area contributed by atoms with E-state index in [-0.39, 0.29) is 0 Å². The van der Waals surface area contributed by atoms with Crippen molar-refractivity contribution in [1.29, 1.82) is 0 Å². The van der Waals surface area contributed by atoms with Gasteiger partial charge in [-0.3, -0.25) is 0 Å². The molecule has 0 saturated heterocycles. The van der Waals surface area contributed by atoms with Gasteiger partial charge in [-0.1, -0.05) is 6.92 Å². The number of imidazole rings is 1. The molecule has 0 spiro atoms. The predicted molar refractivity (Wildman–Crippen MR) is 80.7 cm³/mol. The summed E-state index contributed by atoms with van der Waals surface area (Å²) in [5.74, 6) is 0.958. The highest BCUT2D eigenvalue weighted by atomic mass is 32.2. The van der Waals surface area contributed by atoms with Gasteiger partial charge in [0.1, 0.15) is 5.82 Å². The summed E-state index contributed by atoms with van der Waals surface area (Å²) in [4.78, 5) is 4.88. The highest BCUT2D eigenvalue weighted by molar-refractivity contribution is 7.90. The third kappa shape index (κ3) is 3.02. The first-order chi connectivity index (χ1) is 9.32. The molecule has 0 radical (unpaired) electrons. The second kappa shape index (κ2) is 5.54. The molecule has 6 heteroatoms. The lowest BCUT2D eigenvalue weighted by Gasteiger charge is -2.11. The Hall–Kier alpha value is -1.40. The van der Waals surface area contributed by atoms with E-state index < -0.39 is 9.84 Å². The van der Waals surface area contributed by atoms with E-state index in [0.29, 0.717) is 10.9 Å². The quantitative estimate of drug-likeness (QED) is 0.908. The Morgan fingerprint density at radius 2 is 2.10 bits per heavy atom. The van der Waals surface area contributed by atoms with E-state index in [4.69, 9.17) is 0 Å². The summed E-state index contributed by atoms with van der Waals surface area (Å²) in [7, 11) is -1.23. The van der Waals surface area contributed by atoms with Crippen LogP contribution in [0.25, 0.3) is 11.0 Å². The molecule has 1 atom stereocenters. The number of aryl methyl sites for hydroxylation is 1. The first-order valence-electron chi connectivity index (χ1n) is 6.71. The van der Waals surface area contributed by atoms with Crippen LogP contribution >= 0.6 is 0 Å². The molecular weight excluding hydrogens is 274 g/mol. The highest BCUT2D eigenvalue weighted by Crippen LogP contribution is 2.20. The maximum atomic E-state index is 11.6. The normalized spacial score (nSPS) is 13.8. The van der Waals surface area contributed by atoms with E-state index in [9.17, 15) is 8.42 Å². The van der Waals surface area contributed by atoms with Crippen LogP contribution in [-0.2, 0) is 23.3 Å². The van der Waals surface area contributed by atoms with E-state index in [1.165, 1.54) is 6.26 Å². The van der Waals surface area contributed by atoms with E-state index in [1.807, 2.05) is 17.7 Å². The third-order valence-electron chi connectivity index (χ3n) is 3.41. The summed E-state index contributed by atoms with van der Waals surface area (Å²) in [5.41, 5.74) is 1.69. The molecule has 1 aromatic heterocycles. The Balaban J connectivity index is 2.42. The number of hydrogen-bond acceptors (Lipinski definition) is 4. The largest absolute Gasteiger partial charge is 0.331 e. The maximum Gasteiger partial charge on any atom is 0.175 e. The van der Waals surface area contributed by atoms with Crippen LogP contribution < -0.4 is 5.32 Å². The zero-order chi connectivity index (χ0) is 14.9. The molecule has 1 heterocycles. The minimum absolute atomic E-state index is 0.314. The Labute approximate surface area is 119 Å². The highest BCUT2D eigenvalue weighted by Gasteiger charge is 2.14. The Bertz CT molecular complexity index is 719. The lowest BCUT2D eigenvalue weighted by molar-refractivity contribution is 0.545. The van der Waals surface area contributed by atoms with Crippen molar-refractivity contribution in [3.8, 4) is 0 Å². The lowest BCUT2D eigenvalue weighted by Crippen LogP contribution is -2.28. The molecule has 1 unspecified atom stereocenters. The number of nitrogens with one attached hydrogen (secondary N) is 1. The average Bonchev–Trinajstić information content (AvgIpc) is 2.65. The molecule has 1 aromatic carbocycles. The molecular formula is C14H21N3O2S. The maximum absolute atomic E-state index is 11.6. The fourth-order valence-electron chi connectivity index (χ4n) is 2.34. The van der Waals surface area contributed by atoms with E-state index in [0.717, 1.165) is 29.8 Å². The molecule has 0 aliphatic rings. The fraction of sp³-hybridized carbons (Fsp3) is 0.500. The summed E-state index contributed by atoms with van der Waals surface area (Å²) in [6.45, 7) is 5.11. The van der Waals surface area contributed by atoms with Gasteiger partial charge in [0.05, 0.1) is 15.9 Å². The number of nitrogens with zero attached hydrogens (tertiary/aromatic N) is 2. The molecule has 0 bridgehead atoms. The van der Waals surface area contributed by atoms with Crippen molar-refractivity contribution in [3.63, 3.8) is 0 Å². The fourth-order valence-corrected chi connectivity index (χ4v) is 2.98. The zero-order valence-corrected chi connectivity index (χ0v) is 13.2. The van der Waals surface area contributed by atoms with Crippen molar-refractivity contribution in [2.45, 2.75) is 31.2 Å². The van der Waals surface area contributed by atoms with E-state index in [1.54, 1.807) is 12.1 Å². The van der Waals surface area contributed by atoms with Crippen LogP contribution in [0.2, 0.25) is 0 Å². The molecule has 1 N–H and O–H groups in total. The van der Waals surface area contributed by atoms with Gasteiger partial charge in [0, 0.05) is 25.8 Å². The molecule has 0 fully saturated rings. The SMILES string of the molecule is CCNC(C)Cc1nc2cc(S(C)(=O)=O)ccc2n1C. The van der Waals surface area contributed by atoms with Gasteiger partial charge >= 0.3 is 0 Å². The van der Waals surface area contributed by atoms with Gasteiger partial charge in [-0.2, -0.15) is 0 Å². The number of fused-ring (bicyclic) bond motifs is 1. The number of rotatable bonds is 5. The molecule has 2 aromatic rings. The molecule has 0 aliphatic carbocycles. The zero-order valence-electron chi connectivity index (χ0n) is 12.3. The summed E-state index contributed by atoms with van der Waals surface area (Å²) >= 11 is 0. The van der Waals surface area contributed by atoms with Crippen LogP contribution in [0.15, 0.2) is 23.1 Å². The van der Waals surface area contributed by atoms with Crippen LogP contribution in [0.3, 0.4) is 0 Å². The van der Waals surface area contributed by atoms with Gasteiger partial charge in [0.15, 0.2) is 9.84 Å². The van der Waals surface area contributed by atoms with E-state index in [2.05, 4.69) is 24.1 Å². The summed E-state index contributed by atoms with van der Waals surface area (Å²) in [5, 5.41) is 3.35. The van der Waals surface area contributed by atoms with Crippen molar-refractivity contribution in [3.05, 3.63) is 24.0 Å². The van der Waals surface area contributed by atoms with Gasteiger partial charge < -0.3 is 9.88 Å². The van der Waals surface area contributed by atoms with E-state index >= 15 is 0 Å². The van der Waals surface area contributed by atoms with Gasteiger partial charge in [-0.25, -0.2) is 13.4 Å². The van der Waals surface area contributed by atoms with Crippen LogP contribution in [-0.4, -0.2) is 36.8 Å². The van der Waals surface area contributed by atoms with Gasteiger partial charge in [0.2, 0.25) is 0 Å². The number of aromatic nitrogens is 2. The first kappa shape index (κ1) is 15.0. The summed E-state index contributed by atoms with van der Waals surface area (Å²) in [6, 6.07) is 5.44. The lowest BCUT2D eigenvalue weighted by atomic mass is 10.2. The minimum Gasteiger partial charge on any atom is -0.331 e. The molecule has 2 rings (SSSR count). The molecule has 0 aliphatic heterocycles. The Morgan fingerprint density at radius 3 is 2.70 bits per heavy atom. The van der Waals surface area contributed by atoms with Crippen molar-refractivity contribution >= 4 is 20.9 Å². The molecule has 0 amide bonds. The smallest absolute Gasteiger partial charge is 0.175 e. The van der Waals surface area contributed by atoms with Crippen molar-refractivity contribution in [2.24, 2.45) is 7.05 Å². The van der Waals surface area contributed by atoms with Crippen molar-refractivity contribution < 1.29 is 8.42 Å². The third-order valence-corrected chi connectivity index (χ3v) is 4.52. The summed E-state index contributed by atoms with van der Waals surface area (Å²) < 4.78 is 25.2. The van der Waals surface area contributed by atoms with Gasteiger partial charge in [0.25, 0.3) is 0 Å².